The predicted molar refractivity (Wildman–Crippen MR) is 91.4 cm³/mol. The summed E-state index contributed by atoms with van der Waals surface area (Å²) in [4.78, 5) is 24.9. The van der Waals surface area contributed by atoms with Crippen molar-refractivity contribution in [1.82, 2.24) is 10.2 Å². The van der Waals surface area contributed by atoms with Crippen molar-refractivity contribution in [3.63, 3.8) is 0 Å². The average molecular weight is 388 g/mol. The molecule has 1 aromatic rings. The van der Waals surface area contributed by atoms with Gasteiger partial charge in [0, 0.05) is 19.0 Å². The Morgan fingerprint density at radius 2 is 1.81 bits per heavy atom. The third-order valence-electron chi connectivity index (χ3n) is 4.17. The third kappa shape index (κ3) is 7.36. The average Bonchev–Trinajstić information content (AvgIpc) is 2.64. The molecule has 6 nitrogen and oxygen atoms in total. The Hall–Kier alpha value is -2.45. The van der Waals surface area contributed by atoms with Crippen LogP contribution < -0.4 is 10.1 Å². The monoisotopic (exact) mass is 388 g/mol. The Labute approximate surface area is 155 Å². The Morgan fingerprint density at radius 1 is 1.19 bits per heavy atom. The molecule has 0 spiro atoms. The van der Waals surface area contributed by atoms with Gasteiger partial charge in [0.05, 0.1) is 6.54 Å². The number of carbonyl (C=O) groups is 2. The number of aryl methyl sites for hydroxylation is 1. The fourth-order valence-corrected chi connectivity index (χ4v) is 2.68. The van der Waals surface area contributed by atoms with Crippen LogP contribution in [0.1, 0.15) is 18.4 Å². The first-order valence-electron chi connectivity index (χ1n) is 8.70. The highest BCUT2D eigenvalue weighted by molar-refractivity contribution is 5.79. The van der Waals surface area contributed by atoms with Crippen LogP contribution in [0.2, 0.25) is 0 Å². The van der Waals surface area contributed by atoms with E-state index in [9.17, 15) is 22.8 Å². The summed E-state index contributed by atoms with van der Waals surface area (Å²) in [5, 5.41) is 2.78. The van der Waals surface area contributed by atoms with Crippen LogP contribution in [0, 0.1) is 12.8 Å². The van der Waals surface area contributed by atoms with Gasteiger partial charge in [0.2, 0.25) is 5.91 Å². The number of amides is 2. The van der Waals surface area contributed by atoms with Crippen LogP contribution in [0.4, 0.5) is 18.0 Å². The molecule has 1 aromatic carbocycles. The summed E-state index contributed by atoms with van der Waals surface area (Å²) in [5.41, 5.74) is 1.13. The summed E-state index contributed by atoms with van der Waals surface area (Å²) in [6.07, 6.45) is -4.79. The maximum absolute atomic E-state index is 12.1. The number of nitrogens with zero attached hydrogens (tertiary/aromatic N) is 1. The lowest BCUT2D eigenvalue weighted by atomic mass is 9.96. The number of ether oxygens (including phenoxy) is 2. The first-order valence-corrected chi connectivity index (χ1v) is 8.70. The van der Waals surface area contributed by atoms with Crippen LogP contribution >= 0.6 is 0 Å². The van der Waals surface area contributed by atoms with E-state index in [1.165, 1.54) is 4.90 Å². The quantitative estimate of drug-likeness (QED) is 0.761. The molecule has 0 saturated carbocycles. The van der Waals surface area contributed by atoms with E-state index in [0.717, 1.165) is 11.3 Å². The van der Waals surface area contributed by atoms with Gasteiger partial charge in [-0.25, -0.2) is 4.79 Å². The highest BCUT2D eigenvalue weighted by Crippen LogP contribution is 2.20. The number of hydrogen-bond donors (Lipinski definition) is 1. The first-order chi connectivity index (χ1) is 12.7. The molecule has 0 unspecified atom stereocenters. The zero-order valence-electron chi connectivity index (χ0n) is 15.1. The van der Waals surface area contributed by atoms with Gasteiger partial charge in [0.1, 0.15) is 12.4 Å². The lowest BCUT2D eigenvalue weighted by molar-refractivity contribution is -0.162. The van der Waals surface area contributed by atoms with E-state index in [4.69, 9.17) is 4.74 Å². The zero-order valence-corrected chi connectivity index (χ0v) is 15.1. The molecular weight excluding hydrogens is 365 g/mol. The van der Waals surface area contributed by atoms with E-state index in [0.29, 0.717) is 26.0 Å². The topological polar surface area (TPSA) is 67.9 Å². The third-order valence-corrected chi connectivity index (χ3v) is 4.17. The van der Waals surface area contributed by atoms with Crippen LogP contribution in [-0.4, -0.2) is 55.9 Å². The van der Waals surface area contributed by atoms with Crippen molar-refractivity contribution in [3.05, 3.63) is 29.8 Å². The van der Waals surface area contributed by atoms with Crippen LogP contribution in [0.15, 0.2) is 24.3 Å². The Kier molecular flexibility index (Phi) is 7.32. The van der Waals surface area contributed by atoms with Gasteiger partial charge in [-0.3, -0.25) is 4.79 Å². The number of carbonyl (C=O) groups excluding carboxylic acids is 2. The maximum Gasteiger partial charge on any atom is 0.422 e. The smallest absolute Gasteiger partial charge is 0.422 e. The minimum Gasteiger partial charge on any atom is -0.492 e. The van der Waals surface area contributed by atoms with Crippen molar-refractivity contribution in [3.8, 4) is 5.75 Å². The van der Waals surface area contributed by atoms with Crippen LogP contribution in [0.5, 0.6) is 5.75 Å². The highest BCUT2D eigenvalue weighted by Gasteiger charge is 2.32. The summed E-state index contributed by atoms with van der Waals surface area (Å²) in [6.45, 7) is 1.43. The molecule has 1 aliphatic heterocycles. The molecule has 0 radical (unpaired) electrons. The Morgan fingerprint density at radius 3 is 2.41 bits per heavy atom. The molecule has 9 heteroatoms. The molecule has 1 N–H and O–H groups in total. The number of benzene rings is 1. The molecule has 150 valence electrons. The normalized spacial score (nSPS) is 15.3. The van der Waals surface area contributed by atoms with Crippen LogP contribution in [-0.2, 0) is 9.53 Å². The number of nitrogens with one attached hydrogen (secondary N) is 1. The van der Waals surface area contributed by atoms with E-state index in [2.05, 4.69) is 10.1 Å². The molecule has 1 fully saturated rings. The molecule has 1 aliphatic rings. The maximum atomic E-state index is 12.1. The van der Waals surface area contributed by atoms with E-state index in [1.54, 1.807) is 0 Å². The Bertz CT molecular complexity index is 626. The van der Waals surface area contributed by atoms with Gasteiger partial charge in [-0.1, -0.05) is 17.7 Å². The molecular formula is C18H23F3N2O4. The zero-order chi connectivity index (χ0) is 19.9. The number of likely N-dealkylation sites (tertiary alicyclic amines) is 1. The second kappa shape index (κ2) is 9.48. The van der Waals surface area contributed by atoms with Crippen LogP contribution in [0.25, 0.3) is 0 Å². The van der Waals surface area contributed by atoms with Crippen LogP contribution in [0.3, 0.4) is 0 Å². The molecule has 1 saturated heterocycles. The van der Waals surface area contributed by atoms with Crippen molar-refractivity contribution in [2.24, 2.45) is 5.92 Å². The minimum absolute atomic E-state index is 0.147. The molecule has 0 aromatic heterocycles. The van der Waals surface area contributed by atoms with E-state index < -0.39 is 18.9 Å². The number of alkyl halides is 3. The van der Waals surface area contributed by atoms with E-state index >= 15 is 0 Å². The molecule has 1 heterocycles. The van der Waals surface area contributed by atoms with E-state index in [1.807, 2.05) is 31.2 Å². The lowest BCUT2D eigenvalue weighted by Gasteiger charge is -2.30. The largest absolute Gasteiger partial charge is 0.492 e. The number of rotatable bonds is 6. The second-order valence-electron chi connectivity index (χ2n) is 6.38. The summed E-state index contributed by atoms with van der Waals surface area (Å²) in [7, 11) is 0. The van der Waals surface area contributed by atoms with Gasteiger partial charge < -0.3 is 19.7 Å². The minimum atomic E-state index is -4.55. The van der Waals surface area contributed by atoms with Crippen molar-refractivity contribution in [2.75, 3.05) is 32.8 Å². The number of halogens is 3. The number of piperidine rings is 1. The predicted octanol–water partition coefficient (Wildman–Crippen LogP) is 2.90. The summed E-state index contributed by atoms with van der Waals surface area (Å²) < 4.78 is 45.9. The van der Waals surface area contributed by atoms with Crippen molar-refractivity contribution < 1.29 is 32.2 Å². The van der Waals surface area contributed by atoms with E-state index in [-0.39, 0.29) is 24.9 Å². The van der Waals surface area contributed by atoms with Gasteiger partial charge in [-0.15, -0.1) is 0 Å². The second-order valence-corrected chi connectivity index (χ2v) is 6.38. The molecule has 0 atom stereocenters. The van der Waals surface area contributed by atoms with Gasteiger partial charge in [-0.05, 0) is 31.9 Å². The lowest BCUT2D eigenvalue weighted by Crippen LogP contribution is -2.44. The summed E-state index contributed by atoms with van der Waals surface area (Å²) in [6, 6.07) is 7.57. The summed E-state index contributed by atoms with van der Waals surface area (Å²) >= 11 is 0. The van der Waals surface area contributed by atoms with Gasteiger partial charge >= 0.3 is 12.3 Å². The molecule has 0 bridgehead atoms. The number of hydrogen-bond acceptors (Lipinski definition) is 4. The molecule has 2 amide bonds. The molecule has 0 aliphatic carbocycles. The highest BCUT2D eigenvalue weighted by atomic mass is 19.4. The molecule has 27 heavy (non-hydrogen) atoms. The summed E-state index contributed by atoms with van der Waals surface area (Å²) in [5.74, 6) is 0.294. The van der Waals surface area contributed by atoms with Crippen molar-refractivity contribution in [1.29, 1.82) is 0 Å². The first kappa shape index (κ1) is 20.9. The van der Waals surface area contributed by atoms with Gasteiger partial charge in [0.15, 0.2) is 6.61 Å². The SMILES string of the molecule is Cc1ccc(OCCNC(=O)C2CCN(C(=O)OCC(F)(F)F)CC2)cc1. The standard InChI is InChI=1S/C18H23F3N2O4/c1-13-2-4-15(5-3-13)26-11-8-22-16(24)14-6-9-23(10-7-14)17(25)27-12-18(19,20)21/h2-5,14H,6-12H2,1H3,(H,22,24). The fourth-order valence-electron chi connectivity index (χ4n) is 2.68. The fraction of sp³-hybridized carbons (Fsp3) is 0.556. The van der Waals surface area contributed by atoms with Crippen molar-refractivity contribution in [2.45, 2.75) is 25.9 Å². The van der Waals surface area contributed by atoms with Crippen molar-refractivity contribution >= 4 is 12.0 Å². The molecule has 2 rings (SSSR count). The Balaban J connectivity index is 1.63. The van der Waals surface area contributed by atoms with Gasteiger partial charge in [0.25, 0.3) is 0 Å². The van der Waals surface area contributed by atoms with Gasteiger partial charge in [-0.2, -0.15) is 13.2 Å².